The lowest BCUT2D eigenvalue weighted by Crippen LogP contribution is -2.40. The molecule has 120 valence electrons. The van der Waals surface area contributed by atoms with Crippen molar-refractivity contribution in [2.24, 2.45) is 0 Å². The van der Waals surface area contributed by atoms with Gasteiger partial charge in [-0.25, -0.2) is 18.6 Å². The Balaban J connectivity index is 1.90. The maximum atomic E-state index is 13.7. The molecule has 1 aromatic heterocycles. The van der Waals surface area contributed by atoms with Crippen molar-refractivity contribution in [3.63, 3.8) is 0 Å². The van der Waals surface area contributed by atoms with Crippen LogP contribution in [0.1, 0.15) is 23.3 Å². The molecular weight excluding hydrogens is 310 g/mol. The summed E-state index contributed by atoms with van der Waals surface area (Å²) < 4.78 is 32.4. The maximum Gasteiger partial charge on any atom is 0.326 e. The number of halogens is 2. The molecule has 1 aliphatic heterocycles. The van der Waals surface area contributed by atoms with Crippen molar-refractivity contribution in [1.29, 1.82) is 0 Å². The summed E-state index contributed by atoms with van der Waals surface area (Å²) in [6.07, 6.45) is 1.89. The van der Waals surface area contributed by atoms with E-state index in [1.165, 1.54) is 11.0 Å². The van der Waals surface area contributed by atoms with Crippen molar-refractivity contribution < 1.29 is 27.9 Å². The summed E-state index contributed by atoms with van der Waals surface area (Å²) in [5.74, 6) is -3.83. The molecule has 2 aromatic rings. The Morgan fingerprint density at radius 3 is 2.65 bits per heavy atom. The summed E-state index contributed by atoms with van der Waals surface area (Å²) in [5, 5.41) is 9.10. The van der Waals surface area contributed by atoms with Crippen LogP contribution in [0.5, 0.6) is 0 Å². The highest BCUT2D eigenvalue weighted by Crippen LogP contribution is 2.26. The smallest absolute Gasteiger partial charge is 0.326 e. The van der Waals surface area contributed by atoms with Gasteiger partial charge in [0.25, 0.3) is 5.91 Å². The summed E-state index contributed by atoms with van der Waals surface area (Å²) in [5.41, 5.74) is -0.654. The average molecular weight is 322 g/mol. The van der Waals surface area contributed by atoms with Gasteiger partial charge < -0.3 is 14.4 Å². The van der Waals surface area contributed by atoms with E-state index in [1.54, 1.807) is 0 Å². The second-order valence-corrected chi connectivity index (χ2v) is 5.13. The van der Waals surface area contributed by atoms with E-state index in [-0.39, 0.29) is 18.1 Å². The zero-order valence-electron chi connectivity index (χ0n) is 11.8. The maximum absolute atomic E-state index is 13.7. The fraction of sp³-hybridized carbons (Fsp3) is 0.267. The van der Waals surface area contributed by atoms with Gasteiger partial charge in [-0.2, -0.15) is 0 Å². The topological polar surface area (TPSA) is 83.6 Å². The molecule has 0 unspecified atom stereocenters. The van der Waals surface area contributed by atoms with Gasteiger partial charge in [-0.1, -0.05) is 6.07 Å². The largest absolute Gasteiger partial charge is 0.480 e. The Hall–Kier alpha value is -2.77. The van der Waals surface area contributed by atoms with Crippen LogP contribution in [0.15, 0.2) is 28.9 Å². The summed E-state index contributed by atoms with van der Waals surface area (Å²) in [4.78, 5) is 28.4. The molecule has 1 N–H and O–H groups in total. The molecule has 3 rings (SSSR count). The molecule has 23 heavy (non-hydrogen) atoms. The fourth-order valence-corrected chi connectivity index (χ4v) is 2.60. The van der Waals surface area contributed by atoms with Gasteiger partial charge in [-0.15, -0.1) is 0 Å². The molecule has 1 saturated heterocycles. The number of carboxylic acids is 1. The number of oxazole rings is 1. The zero-order chi connectivity index (χ0) is 16.6. The minimum atomic E-state index is -1.10. The summed E-state index contributed by atoms with van der Waals surface area (Å²) in [6.45, 7) is 0.284. The van der Waals surface area contributed by atoms with Crippen LogP contribution < -0.4 is 0 Å². The van der Waals surface area contributed by atoms with Gasteiger partial charge in [0.05, 0.1) is 0 Å². The average Bonchev–Trinajstić information content (AvgIpc) is 3.16. The minimum Gasteiger partial charge on any atom is -0.480 e. The molecule has 1 fully saturated rings. The van der Waals surface area contributed by atoms with E-state index in [0.717, 1.165) is 18.4 Å². The molecule has 8 heteroatoms. The Bertz CT molecular complexity index is 754. The second-order valence-electron chi connectivity index (χ2n) is 5.13. The number of benzene rings is 1. The molecule has 1 aromatic carbocycles. The predicted octanol–water partition coefficient (Wildman–Crippen LogP) is 2.31. The Morgan fingerprint density at radius 1 is 1.30 bits per heavy atom. The SMILES string of the molecule is O=C(O)[C@@H]1CCCN1C(=O)c1coc(-c2c(F)cccc2F)n1. The van der Waals surface area contributed by atoms with E-state index >= 15 is 0 Å². The Labute approximate surface area is 129 Å². The molecule has 0 saturated carbocycles. The van der Waals surface area contributed by atoms with E-state index < -0.39 is 35.1 Å². The number of amides is 1. The van der Waals surface area contributed by atoms with Crippen molar-refractivity contribution >= 4 is 11.9 Å². The third-order valence-electron chi connectivity index (χ3n) is 3.70. The predicted molar refractivity (Wildman–Crippen MR) is 73.5 cm³/mol. The third-order valence-corrected chi connectivity index (χ3v) is 3.70. The number of hydrogen-bond acceptors (Lipinski definition) is 4. The molecule has 2 heterocycles. The van der Waals surface area contributed by atoms with E-state index in [2.05, 4.69) is 4.98 Å². The molecule has 6 nitrogen and oxygen atoms in total. The van der Waals surface area contributed by atoms with Crippen LogP contribution in [0.4, 0.5) is 8.78 Å². The van der Waals surface area contributed by atoms with Crippen molar-refractivity contribution in [2.75, 3.05) is 6.54 Å². The first-order valence-corrected chi connectivity index (χ1v) is 6.92. The van der Waals surface area contributed by atoms with Crippen molar-refractivity contribution in [3.8, 4) is 11.5 Å². The van der Waals surface area contributed by atoms with Gasteiger partial charge in [0.15, 0.2) is 5.69 Å². The van der Waals surface area contributed by atoms with Crippen molar-refractivity contribution in [2.45, 2.75) is 18.9 Å². The molecular formula is C15H12F2N2O4. The number of carbonyl (C=O) groups excluding carboxylic acids is 1. The van der Waals surface area contributed by atoms with Crippen LogP contribution in [0.3, 0.4) is 0 Å². The molecule has 1 amide bonds. The van der Waals surface area contributed by atoms with Crippen LogP contribution in [-0.2, 0) is 4.79 Å². The normalized spacial score (nSPS) is 17.5. The number of rotatable bonds is 3. The number of carbonyl (C=O) groups is 2. The number of hydrogen-bond donors (Lipinski definition) is 1. The molecule has 1 aliphatic rings. The first kappa shape index (κ1) is 15.1. The number of nitrogens with zero attached hydrogens (tertiary/aromatic N) is 2. The molecule has 1 atom stereocenters. The van der Waals surface area contributed by atoms with E-state index in [1.807, 2.05) is 0 Å². The number of aromatic nitrogens is 1. The number of likely N-dealkylation sites (tertiary alicyclic amines) is 1. The monoisotopic (exact) mass is 322 g/mol. The van der Waals surface area contributed by atoms with Gasteiger partial charge in [-0.3, -0.25) is 4.79 Å². The molecule has 0 spiro atoms. The van der Waals surface area contributed by atoms with Crippen LogP contribution in [0.25, 0.3) is 11.5 Å². The van der Waals surface area contributed by atoms with Crippen molar-refractivity contribution in [3.05, 3.63) is 41.8 Å². The molecule has 0 aliphatic carbocycles. The quantitative estimate of drug-likeness (QED) is 0.937. The van der Waals surface area contributed by atoms with Crippen LogP contribution in [0.2, 0.25) is 0 Å². The van der Waals surface area contributed by atoms with Gasteiger partial charge in [0.1, 0.15) is 29.5 Å². The highest BCUT2D eigenvalue weighted by molar-refractivity contribution is 5.95. The van der Waals surface area contributed by atoms with Crippen molar-refractivity contribution in [1.82, 2.24) is 9.88 Å². The van der Waals surface area contributed by atoms with E-state index in [4.69, 9.17) is 9.52 Å². The van der Waals surface area contributed by atoms with E-state index in [0.29, 0.717) is 12.8 Å². The zero-order valence-corrected chi connectivity index (χ0v) is 11.8. The van der Waals surface area contributed by atoms with Crippen LogP contribution in [-0.4, -0.2) is 39.5 Å². The van der Waals surface area contributed by atoms with Gasteiger partial charge in [0.2, 0.25) is 5.89 Å². The van der Waals surface area contributed by atoms with Crippen LogP contribution >= 0.6 is 0 Å². The van der Waals surface area contributed by atoms with Crippen LogP contribution in [0, 0.1) is 11.6 Å². The molecule has 0 bridgehead atoms. The lowest BCUT2D eigenvalue weighted by Gasteiger charge is -2.19. The number of carboxylic acid groups (broad SMARTS) is 1. The summed E-state index contributed by atoms with van der Waals surface area (Å²) >= 11 is 0. The lowest BCUT2D eigenvalue weighted by molar-refractivity contribution is -0.141. The first-order valence-electron chi connectivity index (χ1n) is 6.92. The highest BCUT2D eigenvalue weighted by Gasteiger charge is 2.35. The standard InChI is InChI=1S/C15H12F2N2O4/c16-8-3-1-4-9(17)12(8)13-18-10(7-23-13)14(20)19-6-2-5-11(19)15(21)22/h1,3-4,7,11H,2,5-6H2,(H,21,22)/t11-/m0/s1. The number of aliphatic carboxylic acids is 1. The Kier molecular flexibility index (Phi) is 3.81. The lowest BCUT2D eigenvalue weighted by atomic mass is 10.2. The third kappa shape index (κ3) is 2.67. The second kappa shape index (κ2) is 5.79. The minimum absolute atomic E-state index is 0.184. The van der Waals surface area contributed by atoms with Gasteiger partial charge in [-0.05, 0) is 25.0 Å². The summed E-state index contributed by atoms with van der Waals surface area (Å²) in [6, 6.07) is 2.37. The Morgan fingerprint density at radius 2 is 2.00 bits per heavy atom. The first-order chi connectivity index (χ1) is 11.0. The highest BCUT2D eigenvalue weighted by atomic mass is 19.1. The summed E-state index contributed by atoms with van der Waals surface area (Å²) in [7, 11) is 0. The molecule has 0 radical (unpaired) electrons. The van der Waals surface area contributed by atoms with Gasteiger partial charge in [0, 0.05) is 6.54 Å². The van der Waals surface area contributed by atoms with Gasteiger partial charge >= 0.3 is 5.97 Å². The fourth-order valence-electron chi connectivity index (χ4n) is 2.60. The van der Waals surface area contributed by atoms with E-state index in [9.17, 15) is 18.4 Å².